The number of nitrogens with zero attached hydrogens (tertiary/aromatic N) is 2. The Morgan fingerprint density at radius 2 is 1.61 bits per heavy atom. The highest BCUT2D eigenvalue weighted by molar-refractivity contribution is 8.14. The number of amides is 1. The standard InChI is InChI=1S/C28H29N3O4S/c1-17-11-23-24(12-18(17)2)31-28(15-22(30-23)19-7-6-8-21(13-19)33-3)36-16-27(32)29-20-9-10-25(34-4)26(14-20)35-5/h6-14H,15-16H2,1-5H3,(H,29,32). The van der Waals surface area contributed by atoms with E-state index < -0.39 is 0 Å². The van der Waals surface area contributed by atoms with E-state index in [1.807, 2.05) is 30.3 Å². The molecular weight excluding hydrogens is 474 g/mol. The van der Waals surface area contributed by atoms with Gasteiger partial charge in [0.2, 0.25) is 5.91 Å². The first-order valence-electron chi connectivity index (χ1n) is 11.5. The number of carbonyl (C=O) groups excluding carboxylic acids is 1. The number of hydrogen-bond donors (Lipinski definition) is 1. The smallest absolute Gasteiger partial charge is 0.234 e. The van der Waals surface area contributed by atoms with Gasteiger partial charge in [-0.2, -0.15) is 0 Å². The predicted molar refractivity (Wildman–Crippen MR) is 147 cm³/mol. The van der Waals surface area contributed by atoms with E-state index in [0.717, 1.165) is 44.6 Å². The number of anilines is 1. The number of benzene rings is 3. The molecule has 7 nitrogen and oxygen atoms in total. The maximum Gasteiger partial charge on any atom is 0.234 e. The van der Waals surface area contributed by atoms with E-state index in [0.29, 0.717) is 23.6 Å². The van der Waals surface area contributed by atoms with Gasteiger partial charge in [-0.3, -0.25) is 9.79 Å². The van der Waals surface area contributed by atoms with Crippen molar-refractivity contribution in [3.63, 3.8) is 0 Å². The van der Waals surface area contributed by atoms with Crippen LogP contribution < -0.4 is 19.5 Å². The van der Waals surface area contributed by atoms with Gasteiger partial charge < -0.3 is 19.5 Å². The average molecular weight is 504 g/mol. The first-order valence-corrected chi connectivity index (χ1v) is 12.4. The van der Waals surface area contributed by atoms with E-state index in [2.05, 4.69) is 25.2 Å². The molecular formula is C28H29N3O4S. The number of thioether (sulfide) groups is 1. The molecule has 1 amide bonds. The number of fused-ring (bicyclic) bond motifs is 1. The van der Waals surface area contributed by atoms with Crippen molar-refractivity contribution in [1.82, 2.24) is 0 Å². The summed E-state index contributed by atoms with van der Waals surface area (Å²) in [5, 5.41) is 3.74. The zero-order chi connectivity index (χ0) is 25.7. The van der Waals surface area contributed by atoms with Crippen LogP contribution in [0.2, 0.25) is 0 Å². The summed E-state index contributed by atoms with van der Waals surface area (Å²) >= 11 is 1.41. The molecule has 0 radical (unpaired) electrons. The topological polar surface area (TPSA) is 81.5 Å². The third-order valence-corrected chi connectivity index (χ3v) is 6.83. The number of hydrogen-bond acceptors (Lipinski definition) is 7. The van der Waals surface area contributed by atoms with Crippen LogP contribution in [0.5, 0.6) is 17.2 Å². The maximum atomic E-state index is 12.8. The molecule has 8 heteroatoms. The molecule has 0 spiro atoms. The number of aliphatic imine (C=N–C) groups is 2. The Morgan fingerprint density at radius 3 is 2.31 bits per heavy atom. The Labute approximate surface area is 215 Å². The zero-order valence-electron chi connectivity index (χ0n) is 21.0. The van der Waals surface area contributed by atoms with Crippen LogP contribution in [0.3, 0.4) is 0 Å². The lowest BCUT2D eigenvalue weighted by atomic mass is 10.1. The van der Waals surface area contributed by atoms with Crippen molar-refractivity contribution in [2.24, 2.45) is 9.98 Å². The Balaban J connectivity index is 1.56. The molecule has 3 aromatic rings. The Morgan fingerprint density at radius 1 is 0.889 bits per heavy atom. The SMILES string of the molecule is COc1cccc(C2=Nc3cc(C)c(C)cc3N=C(SCC(=O)Nc3ccc(OC)c(OC)c3)C2)c1. The number of aryl methyl sites for hydroxylation is 2. The molecule has 0 fully saturated rings. The highest BCUT2D eigenvalue weighted by atomic mass is 32.2. The van der Waals surface area contributed by atoms with E-state index in [9.17, 15) is 4.79 Å². The van der Waals surface area contributed by atoms with Crippen molar-refractivity contribution in [1.29, 1.82) is 0 Å². The molecule has 1 aliphatic heterocycles. The lowest BCUT2D eigenvalue weighted by molar-refractivity contribution is -0.113. The van der Waals surface area contributed by atoms with Crippen molar-refractivity contribution >= 4 is 45.5 Å². The molecule has 0 saturated carbocycles. The van der Waals surface area contributed by atoms with Gasteiger partial charge in [-0.1, -0.05) is 12.1 Å². The summed E-state index contributed by atoms with van der Waals surface area (Å²) < 4.78 is 16.0. The minimum absolute atomic E-state index is 0.139. The Kier molecular flexibility index (Phi) is 7.95. The van der Waals surface area contributed by atoms with E-state index in [-0.39, 0.29) is 11.7 Å². The first kappa shape index (κ1) is 25.3. The number of methoxy groups -OCH3 is 3. The predicted octanol–water partition coefficient (Wildman–Crippen LogP) is 6.26. The van der Waals surface area contributed by atoms with Crippen LogP contribution in [0.25, 0.3) is 0 Å². The monoisotopic (exact) mass is 503 g/mol. The fourth-order valence-corrected chi connectivity index (χ4v) is 4.55. The van der Waals surface area contributed by atoms with Crippen LogP contribution in [0.15, 0.2) is 64.6 Å². The average Bonchev–Trinajstić information content (AvgIpc) is 3.06. The fourth-order valence-electron chi connectivity index (χ4n) is 3.78. The van der Waals surface area contributed by atoms with Gasteiger partial charge in [-0.05, 0) is 61.4 Å². The molecule has 4 rings (SSSR count). The van der Waals surface area contributed by atoms with Gasteiger partial charge in [0.1, 0.15) is 5.75 Å². The summed E-state index contributed by atoms with van der Waals surface area (Å²) in [5.41, 5.74) is 6.40. The van der Waals surface area contributed by atoms with Crippen molar-refractivity contribution < 1.29 is 19.0 Å². The van der Waals surface area contributed by atoms with Crippen LogP contribution in [0, 0.1) is 13.8 Å². The molecule has 0 unspecified atom stereocenters. The Bertz CT molecular complexity index is 1350. The van der Waals surface area contributed by atoms with Gasteiger partial charge in [0.05, 0.1) is 49.2 Å². The summed E-state index contributed by atoms with van der Waals surface area (Å²) in [4.78, 5) is 22.6. The van der Waals surface area contributed by atoms with E-state index in [1.165, 1.54) is 11.8 Å². The first-order chi connectivity index (χ1) is 17.4. The summed E-state index contributed by atoms with van der Waals surface area (Å²) in [6, 6.07) is 17.2. The fraction of sp³-hybridized carbons (Fsp3) is 0.250. The normalized spacial score (nSPS) is 12.6. The van der Waals surface area contributed by atoms with Crippen molar-refractivity contribution in [3.8, 4) is 17.2 Å². The summed E-state index contributed by atoms with van der Waals surface area (Å²) in [7, 11) is 4.78. The van der Waals surface area contributed by atoms with Crippen molar-refractivity contribution in [2.45, 2.75) is 20.3 Å². The molecule has 0 aromatic heterocycles. The second-order valence-electron chi connectivity index (χ2n) is 8.30. The second-order valence-corrected chi connectivity index (χ2v) is 9.35. The molecule has 1 N–H and O–H groups in total. The van der Waals surface area contributed by atoms with E-state index in [1.54, 1.807) is 39.5 Å². The maximum absolute atomic E-state index is 12.8. The molecule has 0 aliphatic carbocycles. The summed E-state index contributed by atoms with van der Waals surface area (Å²) in [5.74, 6) is 1.99. The zero-order valence-corrected chi connectivity index (χ0v) is 21.9. The lowest BCUT2D eigenvalue weighted by Gasteiger charge is -2.11. The van der Waals surface area contributed by atoms with E-state index in [4.69, 9.17) is 24.2 Å². The van der Waals surface area contributed by atoms with Crippen LogP contribution in [-0.4, -0.2) is 43.7 Å². The second kappa shape index (κ2) is 11.3. The largest absolute Gasteiger partial charge is 0.497 e. The van der Waals surface area contributed by atoms with Crippen molar-refractivity contribution in [2.75, 3.05) is 32.4 Å². The van der Waals surface area contributed by atoms with Gasteiger partial charge in [-0.25, -0.2) is 4.99 Å². The molecule has 1 aliphatic rings. The van der Waals surface area contributed by atoms with Gasteiger partial charge in [0, 0.05) is 23.7 Å². The third kappa shape index (κ3) is 5.88. The highest BCUT2D eigenvalue weighted by Crippen LogP contribution is 2.36. The van der Waals surface area contributed by atoms with Gasteiger partial charge in [-0.15, -0.1) is 11.8 Å². The molecule has 0 saturated heterocycles. The van der Waals surface area contributed by atoms with Crippen LogP contribution >= 0.6 is 11.8 Å². The van der Waals surface area contributed by atoms with Crippen LogP contribution in [0.1, 0.15) is 23.1 Å². The number of nitrogens with one attached hydrogen (secondary N) is 1. The number of ether oxygens (including phenoxy) is 3. The molecule has 1 heterocycles. The minimum atomic E-state index is -0.139. The summed E-state index contributed by atoms with van der Waals surface area (Å²) in [6.07, 6.45) is 0.508. The molecule has 0 bridgehead atoms. The minimum Gasteiger partial charge on any atom is -0.497 e. The summed E-state index contributed by atoms with van der Waals surface area (Å²) in [6.45, 7) is 4.13. The number of rotatable bonds is 7. The van der Waals surface area contributed by atoms with E-state index >= 15 is 0 Å². The van der Waals surface area contributed by atoms with Gasteiger partial charge in [0.15, 0.2) is 11.5 Å². The molecule has 0 atom stereocenters. The molecule has 36 heavy (non-hydrogen) atoms. The lowest BCUT2D eigenvalue weighted by Crippen LogP contribution is -2.16. The van der Waals surface area contributed by atoms with Crippen molar-refractivity contribution in [3.05, 3.63) is 71.3 Å². The Hall–Kier alpha value is -3.78. The van der Waals surface area contributed by atoms with Gasteiger partial charge >= 0.3 is 0 Å². The quantitative estimate of drug-likeness (QED) is 0.412. The third-order valence-electron chi connectivity index (χ3n) is 5.85. The van der Waals surface area contributed by atoms with Crippen LogP contribution in [-0.2, 0) is 4.79 Å². The van der Waals surface area contributed by atoms with Gasteiger partial charge in [0.25, 0.3) is 0 Å². The number of carbonyl (C=O) groups is 1. The molecule has 3 aromatic carbocycles. The molecule has 186 valence electrons. The van der Waals surface area contributed by atoms with Crippen LogP contribution in [0.4, 0.5) is 17.1 Å². The highest BCUT2D eigenvalue weighted by Gasteiger charge is 2.18.